The van der Waals surface area contributed by atoms with Crippen molar-refractivity contribution in [3.63, 3.8) is 0 Å². The first-order valence-corrected chi connectivity index (χ1v) is 5.52. The normalized spacial score (nSPS) is 10.1. The van der Waals surface area contributed by atoms with Crippen LogP contribution in [0.15, 0.2) is 30.3 Å². The summed E-state index contributed by atoms with van der Waals surface area (Å²) < 4.78 is 4.98. The number of hydrogen-bond donors (Lipinski definition) is 0. The third-order valence-electron chi connectivity index (χ3n) is 2.44. The van der Waals surface area contributed by atoms with E-state index in [1.165, 1.54) is 0 Å². The predicted octanol–water partition coefficient (Wildman–Crippen LogP) is 2.07. The van der Waals surface area contributed by atoms with Gasteiger partial charge in [0.25, 0.3) is 0 Å². The highest BCUT2D eigenvalue weighted by molar-refractivity contribution is 5.73. The largest absolute Gasteiger partial charge is 0.385 e. The molecule has 1 rings (SSSR count). The van der Waals surface area contributed by atoms with Gasteiger partial charge in [-0.25, -0.2) is 0 Å². The lowest BCUT2D eigenvalue weighted by Gasteiger charge is -2.20. The average molecular weight is 221 g/mol. The molecule has 0 aromatic heterocycles. The minimum atomic E-state index is 0.111. The number of carbonyl (C=O) groups is 1. The lowest BCUT2D eigenvalue weighted by atomic mass is 10.2. The van der Waals surface area contributed by atoms with Crippen LogP contribution in [0, 0.1) is 0 Å². The van der Waals surface area contributed by atoms with E-state index in [-0.39, 0.29) is 5.91 Å². The summed E-state index contributed by atoms with van der Waals surface area (Å²) in [5, 5.41) is 0. The molecule has 0 radical (unpaired) electrons. The highest BCUT2D eigenvalue weighted by Crippen LogP contribution is 2.05. The first-order valence-electron chi connectivity index (χ1n) is 5.52. The van der Waals surface area contributed by atoms with Gasteiger partial charge in [-0.2, -0.15) is 0 Å². The summed E-state index contributed by atoms with van der Waals surface area (Å²) in [7, 11) is 1.68. The Kier molecular flexibility index (Phi) is 5.57. The number of rotatable bonds is 6. The van der Waals surface area contributed by atoms with Gasteiger partial charge in [-0.1, -0.05) is 30.3 Å². The Morgan fingerprint density at radius 2 is 2.00 bits per heavy atom. The molecule has 0 saturated carbocycles. The standard InChI is InChI=1S/C13H19NO2/c1-12(15)14(9-6-10-16-2)11-13-7-4-3-5-8-13/h3-5,7-8H,6,9-11H2,1-2H3. The topological polar surface area (TPSA) is 29.5 Å². The van der Waals surface area contributed by atoms with Crippen molar-refractivity contribution in [1.82, 2.24) is 4.90 Å². The number of nitrogens with zero attached hydrogens (tertiary/aromatic N) is 1. The molecule has 1 amide bonds. The predicted molar refractivity (Wildman–Crippen MR) is 64.0 cm³/mol. The Hall–Kier alpha value is -1.35. The van der Waals surface area contributed by atoms with E-state index in [9.17, 15) is 4.79 Å². The molecule has 0 fully saturated rings. The average Bonchev–Trinajstić information content (AvgIpc) is 2.29. The molecule has 0 aliphatic rings. The second kappa shape index (κ2) is 7.01. The number of methoxy groups -OCH3 is 1. The molecule has 16 heavy (non-hydrogen) atoms. The van der Waals surface area contributed by atoms with Crippen LogP contribution in [-0.4, -0.2) is 31.1 Å². The summed E-state index contributed by atoms with van der Waals surface area (Å²) in [5.41, 5.74) is 1.16. The van der Waals surface area contributed by atoms with Crippen LogP contribution in [-0.2, 0) is 16.1 Å². The second-order valence-corrected chi connectivity index (χ2v) is 3.77. The summed E-state index contributed by atoms with van der Waals surface area (Å²) in [6.45, 7) is 3.73. The fourth-order valence-corrected chi connectivity index (χ4v) is 1.55. The third kappa shape index (κ3) is 4.45. The molecule has 0 saturated heterocycles. The van der Waals surface area contributed by atoms with Crippen molar-refractivity contribution in [2.75, 3.05) is 20.3 Å². The second-order valence-electron chi connectivity index (χ2n) is 3.77. The smallest absolute Gasteiger partial charge is 0.219 e. The summed E-state index contributed by atoms with van der Waals surface area (Å²) in [6, 6.07) is 10.0. The van der Waals surface area contributed by atoms with Crippen LogP contribution in [0.1, 0.15) is 18.9 Å². The van der Waals surface area contributed by atoms with Gasteiger partial charge in [-0.05, 0) is 12.0 Å². The molecule has 0 heterocycles. The van der Waals surface area contributed by atoms with Gasteiger partial charge in [0.2, 0.25) is 5.91 Å². The highest BCUT2D eigenvalue weighted by atomic mass is 16.5. The Bertz CT molecular complexity index is 311. The van der Waals surface area contributed by atoms with E-state index < -0.39 is 0 Å². The Morgan fingerprint density at radius 1 is 1.31 bits per heavy atom. The van der Waals surface area contributed by atoms with Gasteiger partial charge in [0, 0.05) is 33.7 Å². The van der Waals surface area contributed by atoms with Gasteiger partial charge < -0.3 is 9.64 Å². The van der Waals surface area contributed by atoms with Gasteiger partial charge in [-0.15, -0.1) is 0 Å². The lowest BCUT2D eigenvalue weighted by molar-refractivity contribution is -0.129. The SMILES string of the molecule is COCCCN(Cc1ccccc1)C(C)=O. The van der Waals surface area contributed by atoms with Gasteiger partial charge in [0.15, 0.2) is 0 Å². The van der Waals surface area contributed by atoms with E-state index in [0.717, 1.165) is 18.5 Å². The summed E-state index contributed by atoms with van der Waals surface area (Å²) in [4.78, 5) is 13.3. The van der Waals surface area contributed by atoms with Crippen LogP contribution in [0.5, 0.6) is 0 Å². The van der Waals surface area contributed by atoms with Crippen molar-refractivity contribution >= 4 is 5.91 Å². The Morgan fingerprint density at radius 3 is 2.56 bits per heavy atom. The Labute approximate surface area is 97.0 Å². The molecule has 1 aromatic carbocycles. The van der Waals surface area contributed by atoms with Crippen LogP contribution < -0.4 is 0 Å². The molecule has 0 unspecified atom stereocenters. The Balaban J connectivity index is 2.48. The van der Waals surface area contributed by atoms with Crippen LogP contribution in [0.25, 0.3) is 0 Å². The maximum atomic E-state index is 11.4. The third-order valence-corrected chi connectivity index (χ3v) is 2.44. The zero-order chi connectivity index (χ0) is 11.8. The number of benzene rings is 1. The maximum Gasteiger partial charge on any atom is 0.219 e. The first-order chi connectivity index (χ1) is 7.74. The molecular weight excluding hydrogens is 202 g/mol. The fourth-order valence-electron chi connectivity index (χ4n) is 1.55. The number of carbonyl (C=O) groups excluding carboxylic acids is 1. The van der Waals surface area contributed by atoms with E-state index in [2.05, 4.69) is 0 Å². The van der Waals surface area contributed by atoms with Crippen molar-refractivity contribution in [1.29, 1.82) is 0 Å². The molecule has 0 N–H and O–H groups in total. The fraction of sp³-hybridized carbons (Fsp3) is 0.462. The molecule has 0 spiro atoms. The van der Waals surface area contributed by atoms with Crippen LogP contribution in [0.4, 0.5) is 0 Å². The number of amides is 1. The molecule has 0 aliphatic carbocycles. The molecule has 88 valence electrons. The number of hydrogen-bond acceptors (Lipinski definition) is 2. The van der Waals surface area contributed by atoms with E-state index in [4.69, 9.17) is 4.74 Å². The zero-order valence-electron chi connectivity index (χ0n) is 9.98. The number of ether oxygens (including phenoxy) is 1. The van der Waals surface area contributed by atoms with E-state index in [0.29, 0.717) is 13.2 Å². The minimum absolute atomic E-state index is 0.111. The van der Waals surface area contributed by atoms with Crippen LogP contribution >= 0.6 is 0 Å². The van der Waals surface area contributed by atoms with Gasteiger partial charge >= 0.3 is 0 Å². The van der Waals surface area contributed by atoms with Crippen molar-refractivity contribution in [3.8, 4) is 0 Å². The molecule has 0 aliphatic heterocycles. The molecule has 0 bridgehead atoms. The monoisotopic (exact) mass is 221 g/mol. The van der Waals surface area contributed by atoms with Crippen LogP contribution in [0.3, 0.4) is 0 Å². The zero-order valence-corrected chi connectivity index (χ0v) is 9.98. The maximum absolute atomic E-state index is 11.4. The molecule has 3 heteroatoms. The van der Waals surface area contributed by atoms with Crippen molar-refractivity contribution in [2.24, 2.45) is 0 Å². The summed E-state index contributed by atoms with van der Waals surface area (Å²) in [5.74, 6) is 0.111. The molecule has 1 aromatic rings. The van der Waals surface area contributed by atoms with E-state index in [1.54, 1.807) is 14.0 Å². The van der Waals surface area contributed by atoms with E-state index >= 15 is 0 Å². The molecule has 0 atom stereocenters. The van der Waals surface area contributed by atoms with Crippen molar-refractivity contribution < 1.29 is 9.53 Å². The summed E-state index contributed by atoms with van der Waals surface area (Å²) >= 11 is 0. The van der Waals surface area contributed by atoms with Crippen molar-refractivity contribution in [2.45, 2.75) is 19.9 Å². The lowest BCUT2D eigenvalue weighted by Crippen LogP contribution is -2.29. The minimum Gasteiger partial charge on any atom is -0.385 e. The van der Waals surface area contributed by atoms with Gasteiger partial charge in [0.05, 0.1) is 0 Å². The summed E-state index contributed by atoms with van der Waals surface area (Å²) in [6.07, 6.45) is 0.878. The van der Waals surface area contributed by atoms with Crippen molar-refractivity contribution in [3.05, 3.63) is 35.9 Å². The van der Waals surface area contributed by atoms with Gasteiger partial charge in [-0.3, -0.25) is 4.79 Å². The quantitative estimate of drug-likeness (QED) is 0.688. The molecule has 3 nitrogen and oxygen atoms in total. The highest BCUT2D eigenvalue weighted by Gasteiger charge is 2.08. The van der Waals surface area contributed by atoms with Gasteiger partial charge in [0.1, 0.15) is 0 Å². The van der Waals surface area contributed by atoms with E-state index in [1.807, 2.05) is 35.2 Å². The first kappa shape index (κ1) is 12.7. The molecular formula is C13H19NO2. The van der Waals surface area contributed by atoms with Crippen LogP contribution in [0.2, 0.25) is 0 Å².